The summed E-state index contributed by atoms with van der Waals surface area (Å²) in [5, 5.41) is 13.5. The van der Waals surface area contributed by atoms with Crippen molar-refractivity contribution in [3.63, 3.8) is 0 Å². The van der Waals surface area contributed by atoms with Crippen molar-refractivity contribution in [1.29, 1.82) is 0 Å². The van der Waals surface area contributed by atoms with Crippen LogP contribution in [0, 0.1) is 0 Å². The maximum atomic E-state index is 10.1. The van der Waals surface area contributed by atoms with E-state index in [1.807, 2.05) is 0 Å². The van der Waals surface area contributed by atoms with Gasteiger partial charge in [-0.3, -0.25) is 0 Å². The van der Waals surface area contributed by atoms with Crippen LogP contribution in [0.5, 0.6) is 0 Å². The van der Waals surface area contributed by atoms with Gasteiger partial charge in [0.15, 0.2) is 0 Å². The molecule has 0 amide bonds. The summed E-state index contributed by atoms with van der Waals surface area (Å²) in [6.07, 6.45) is -4.50. The van der Waals surface area contributed by atoms with Crippen LogP contribution >= 0.6 is 0 Å². The molecule has 0 fully saturated rings. The van der Waals surface area contributed by atoms with Crippen molar-refractivity contribution in [2.75, 3.05) is 0 Å². The third kappa shape index (κ3) is 247. The van der Waals surface area contributed by atoms with Crippen LogP contribution in [0.3, 0.4) is 0 Å². The molecule has 0 aliphatic heterocycles. The smallest absolute Gasteiger partial charge is 0.312 e. The van der Waals surface area contributed by atoms with Crippen LogP contribution in [-0.2, 0) is 0 Å². The lowest BCUT2D eigenvalue weighted by Crippen LogP contribution is -2.10. The standard InChI is InChI=1S/CH2F2O2/c2-1(3,4)5/h4-5H. The highest BCUT2D eigenvalue weighted by Crippen LogP contribution is 1.97. The first-order chi connectivity index (χ1) is 2.00. The SMILES string of the molecule is OC(O)(F)F. The molecule has 0 unspecified atom stereocenters. The third-order valence-corrected chi connectivity index (χ3v) is 0. The van der Waals surface area contributed by atoms with E-state index in [0.29, 0.717) is 0 Å². The van der Waals surface area contributed by atoms with Gasteiger partial charge in [0.25, 0.3) is 0 Å². The lowest BCUT2D eigenvalue weighted by Gasteiger charge is -1.91. The molecule has 2 nitrogen and oxygen atoms in total. The van der Waals surface area contributed by atoms with Crippen molar-refractivity contribution in [3.8, 4) is 0 Å². The lowest BCUT2D eigenvalue weighted by molar-refractivity contribution is -0.346. The minimum absolute atomic E-state index is 4.50. The molecule has 0 rings (SSSR count). The molecule has 0 aromatic heterocycles. The Morgan fingerprint density at radius 3 is 1.20 bits per heavy atom. The van der Waals surface area contributed by atoms with Crippen LogP contribution in [-0.4, -0.2) is 16.5 Å². The number of hydrogen-bond donors (Lipinski definition) is 2. The van der Waals surface area contributed by atoms with Gasteiger partial charge >= 0.3 is 6.29 Å². The summed E-state index contributed by atoms with van der Waals surface area (Å²) >= 11 is 0. The highest BCUT2D eigenvalue weighted by Gasteiger charge is 2.16. The van der Waals surface area contributed by atoms with Gasteiger partial charge in [-0.05, 0) is 0 Å². The van der Waals surface area contributed by atoms with Crippen molar-refractivity contribution in [3.05, 3.63) is 0 Å². The van der Waals surface area contributed by atoms with E-state index >= 15 is 0 Å². The molecular weight excluding hydrogens is 82.0 g/mol. The molecule has 0 saturated heterocycles. The highest BCUT2D eigenvalue weighted by atomic mass is 19.3. The molecule has 0 aromatic rings. The average Bonchev–Trinajstić information content (AvgIpc) is 0.722. The molecular formula is CH2F2O2. The molecule has 0 saturated carbocycles. The topological polar surface area (TPSA) is 40.5 Å². The van der Waals surface area contributed by atoms with Gasteiger partial charge in [-0.25, -0.2) is 0 Å². The lowest BCUT2D eigenvalue weighted by atomic mass is 11.3. The predicted octanol–water partition coefficient (Wildman–Crippen LogP) is -0.479. The second-order valence-electron chi connectivity index (χ2n) is 0.509. The van der Waals surface area contributed by atoms with Gasteiger partial charge in [-0.2, -0.15) is 0 Å². The summed E-state index contributed by atoms with van der Waals surface area (Å²) in [4.78, 5) is 0. The summed E-state index contributed by atoms with van der Waals surface area (Å²) in [6, 6.07) is 0. The van der Waals surface area contributed by atoms with E-state index in [4.69, 9.17) is 10.2 Å². The minimum Gasteiger partial charge on any atom is -0.312 e. The van der Waals surface area contributed by atoms with Crippen LogP contribution < -0.4 is 0 Å². The Balaban J connectivity index is 3.02. The molecule has 0 spiro atoms. The highest BCUT2D eigenvalue weighted by molar-refractivity contribution is 4.04. The van der Waals surface area contributed by atoms with Crippen molar-refractivity contribution in [2.45, 2.75) is 6.29 Å². The van der Waals surface area contributed by atoms with Gasteiger partial charge in [0.1, 0.15) is 0 Å². The zero-order valence-electron chi connectivity index (χ0n) is 2.15. The van der Waals surface area contributed by atoms with E-state index in [2.05, 4.69) is 0 Å². The van der Waals surface area contributed by atoms with Gasteiger partial charge in [0.05, 0.1) is 0 Å². The van der Waals surface area contributed by atoms with E-state index in [-0.39, 0.29) is 0 Å². The van der Waals surface area contributed by atoms with E-state index in [0.717, 1.165) is 0 Å². The van der Waals surface area contributed by atoms with E-state index < -0.39 is 6.29 Å². The van der Waals surface area contributed by atoms with Gasteiger partial charge in [0.2, 0.25) is 0 Å². The maximum Gasteiger partial charge on any atom is 0.480 e. The molecule has 0 atom stereocenters. The third-order valence-electron chi connectivity index (χ3n) is 0. The molecule has 0 radical (unpaired) electrons. The summed E-state index contributed by atoms with van der Waals surface area (Å²) in [6.45, 7) is 0. The quantitative estimate of drug-likeness (QED) is 0.389. The molecule has 2 N–H and O–H groups in total. The first kappa shape index (κ1) is 4.78. The van der Waals surface area contributed by atoms with E-state index in [9.17, 15) is 8.78 Å². The molecule has 0 aliphatic rings. The van der Waals surface area contributed by atoms with Gasteiger partial charge in [0, 0.05) is 0 Å². The second kappa shape index (κ2) is 0.874. The molecule has 0 bridgehead atoms. The van der Waals surface area contributed by atoms with E-state index in [1.165, 1.54) is 0 Å². The van der Waals surface area contributed by atoms with Crippen LogP contribution in [0.25, 0.3) is 0 Å². The first-order valence-corrected chi connectivity index (χ1v) is 0.825. The monoisotopic (exact) mass is 84.0 g/mol. The second-order valence-corrected chi connectivity index (χ2v) is 0.509. The average molecular weight is 84.0 g/mol. The van der Waals surface area contributed by atoms with Crippen molar-refractivity contribution in [1.82, 2.24) is 0 Å². The Kier molecular flexibility index (Phi) is 0.836. The zero-order chi connectivity index (χ0) is 4.50. The Morgan fingerprint density at radius 1 is 1.20 bits per heavy atom. The predicted molar refractivity (Wildman–Crippen MR) is 9.38 cm³/mol. The van der Waals surface area contributed by atoms with Gasteiger partial charge < -0.3 is 10.2 Å². The maximum absolute atomic E-state index is 10.1. The Bertz CT molecular complexity index is 23.1. The number of rotatable bonds is 0. The fraction of sp³-hybridized carbons (Fsp3) is 1.00. The zero-order valence-corrected chi connectivity index (χ0v) is 2.15. The first-order valence-electron chi connectivity index (χ1n) is 0.825. The van der Waals surface area contributed by atoms with Crippen LogP contribution in [0.4, 0.5) is 8.78 Å². The number of alkyl halides is 2. The summed E-state index contributed by atoms with van der Waals surface area (Å²) in [7, 11) is 0. The van der Waals surface area contributed by atoms with Crippen molar-refractivity contribution >= 4 is 0 Å². The normalized spacial score (nSPS) is 12.0. The molecule has 4 heteroatoms. The van der Waals surface area contributed by atoms with Gasteiger partial charge in [-0.15, -0.1) is 8.78 Å². The molecule has 32 valence electrons. The van der Waals surface area contributed by atoms with Crippen LogP contribution in [0.1, 0.15) is 0 Å². The fourth-order valence-electron chi connectivity index (χ4n) is 0. The van der Waals surface area contributed by atoms with E-state index in [1.54, 1.807) is 0 Å². The minimum atomic E-state index is -4.50. The summed E-state index contributed by atoms with van der Waals surface area (Å²) in [5.74, 6) is 0. The summed E-state index contributed by atoms with van der Waals surface area (Å²) in [5.41, 5.74) is 0. The van der Waals surface area contributed by atoms with Crippen LogP contribution in [0.2, 0.25) is 0 Å². The van der Waals surface area contributed by atoms with Crippen molar-refractivity contribution < 1.29 is 19.0 Å². The fourth-order valence-corrected chi connectivity index (χ4v) is 0. The number of halogens is 2. The molecule has 0 aromatic carbocycles. The largest absolute Gasteiger partial charge is 0.480 e. The summed E-state index contributed by atoms with van der Waals surface area (Å²) < 4.78 is 20.3. The van der Waals surface area contributed by atoms with Crippen molar-refractivity contribution in [2.24, 2.45) is 0 Å². The molecule has 0 heterocycles. The number of aliphatic hydroxyl groups is 2. The molecule has 5 heavy (non-hydrogen) atoms. The Labute approximate surface area is 26.7 Å². The Morgan fingerprint density at radius 2 is 1.20 bits per heavy atom. The van der Waals surface area contributed by atoms with Crippen LogP contribution in [0.15, 0.2) is 0 Å². The molecule has 0 aliphatic carbocycles. The van der Waals surface area contributed by atoms with Gasteiger partial charge in [-0.1, -0.05) is 0 Å². The number of hydrogen-bond acceptors (Lipinski definition) is 2. The Hall–Kier alpha value is -0.220.